The van der Waals surface area contributed by atoms with Crippen molar-refractivity contribution in [3.63, 3.8) is 0 Å². The van der Waals surface area contributed by atoms with Crippen LogP contribution in [0.2, 0.25) is 5.02 Å². The highest BCUT2D eigenvalue weighted by atomic mass is 35.5. The van der Waals surface area contributed by atoms with Gasteiger partial charge in [0.15, 0.2) is 5.78 Å². The van der Waals surface area contributed by atoms with Crippen LogP contribution in [0.1, 0.15) is 22.3 Å². The molecule has 0 spiro atoms. The molecule has 0 saturated heterocycles. The van der Waals surface area contributed by atoms with E-state index in [0.29, 0.717) is 22.9 Å². The van der Waals surface area contributed by atoms with Crippen molar-refractivity contribution in [1.82, 2.24) is 0 Å². The molecule has 0 amide bonds. The van der Waals surface area contributed by atoms with E-state index in [1.807, 2.05) is 13.0 Å². The average molecular weight is 217 g/mol. The van der Waals surface area contributed by atoms with E-state index in [1.165, 1.54) is 0 Å². The van der Waals surface area contributed by atoms with Crippen molar-refractivity contribution in [3.8, 4) is 0 Å². The molecule has 0 heterocycles. The number of alkyl halides is 1. The molecular weight excluding hydrogens is 207 g/mol. The van der Waals surface area contributed by atoms with Crippen molar-refractivity contribution >= 4 is 29.0 Å². The summed E-state index contributed by atoms with van der Waals surface area (Å²) in [6.45, 7) is 1.90. The molecule has 0 aliphatic heterocycles. The second kappa shape index (κ2) is 4.64. The van der Waals surface area contributed by atoms with E-state index < -0.39 is 0 Å². The minimum absolute atomic E-state index is 0.0388. The Labute approximate surface area is 87.7 Å². The summed E-state index contributed by atoms with van der Waals surface area (Å²) in [6, 6.07) is 5.30. The van der Waals surface area contributed by atoms with Gasteiger partial charge in [-0.05, 0) is 18.6 Å². The molecule has 0 atom stereocenters. The number of Topliss-reactive ketones (excluding diaryl/α,β-unsaturated/α-hetero) is 1. The number of carbonyl (C=O) groups excluding carboxylic acids is 1. The van der Waals surface area contributed by atoms with Crippen LogP contribution in [-0.4, -0.2) is 11.7 Å². The minimum atomic E-state index is 0.0388. The number of carbonyl (C=O) groups is 1. The Morgan fingerprint density at radius 1 is 1.46 bits per heavy atom. The van der Waals surface area contributed by atoms with Crippen LogP contribution in [-0.2, 0) is 0 Å². The largest absolute Gasteiger partial charge is 0.294 e. The van der Waals surface area contributed by atoms with Crippen LogP contribution in [0.4, 0.5) is 0 Å². The molecule has 0 N–H and O–H groups in total. The minimum Gasteiger partial charge on any atom is -0.294 e. The van der Waals surface area contributed by atoms with Crippen molar-refractivity contribution in [2.75, 3.05) is 5.88 Å². The second-order valence-electron chi connectivity index (χ2n) is 2.83. The van der Waals surface area contributed by atoms with Crippen LogP contribution < -0.4 is 0 Å². The number of aryl methyl sites for hydroxylation is 1. The molecule has 70 valence electrons. The van der Waals surface area contributed by atoms with Gasteiger partial charge in [0.2, 0.25) is 0 Å². The van der Waals surface area contributed by atoms with Gasteiger partial charge in [-0.25, -0.2) is 0 Å². The molecule has 3 heteroatoms. The third kappa shape index (κ3) is 2.71. The Morgan fingerprint density at radius 3 is 2.69 bits per heavy atom. The molecule has 1 aromatic carbocycles. The smallest absolute Gasteiger partial charge is 0.164 e. The van der Waals surface area contributed by atoms with Gasteiger partial charge in [0, 0.05) is 22.9 Å². The third-order valence-corrected chi connectivity index (χ3v) is 2.41. The SMILES string of the molecule is Cc1ccc(C(=O)CCCl)cc1Cl. The topological polar surface area (TPSA) is 17.1 Å². The van der Waals surface area contributed by atoms with Gasteiger partial charge in [-0.1, -0.05) is 23.7 Å². The van der Waals surface area contributed by atoms with Gasteiger partial charge < -0.3 is 0 Å². The van der Waals surface area contributed by atoms with Gasteiger partial charge in [0.1, 0.15) is 0 Å². The predicted molar refractivity (Wildman–Crippen MR) is 55.9 cm³/mol. The molecule has 0 aliphatic rings. The first-order chi connectivity index (χ1) is 6.15. The maximum absolute atomic E-state index is 11.4. The van der Waals surface area contributed by atoms with Crippen LogP contribution in [0, 0.1) is 6.92 Å². The monoisotopic (exact) mass is 216 g/mol. The number of rotatable bonds is 3. The second-order valence-corrected chi connectivity index (χ2v) is 3.61. The lowest BCUT2D eigenvalue weighted by molar-refractivity contribution is 0.0989. The van der Waals surface area contributed by atoms with Gasteiger partial charge in [0.25, 0.3) is 0 Å². The van der Waals surface area contributed by atoms with Crippen molar-refractivity contribution in [1.29, 1.82) is 0 Å². The van der Waals surface area contributed by atoms with Crippen molar-refractivity contribution in [2.45, 2.75) is 13.3 Å². The number of hydrogen-bond acceptors (Lipinski definition) is 1. The Bertz CT molecular complexity index is 321. The predicted octanol–water partition coefficient (Wildman–Crippen LogP) is 3.46. The Morgan fingerprint density at radius 2 is 2.15 bits per heavy atom. The molecule has 0 saturated carbocycles. The number of benzene rings is 1. The molecular formula is C10H10Cl2O. The zero-order chi connectivity index (χ0) is 9.84. The Kier molecular flexibility index (Phi) is 3.76. The average Bonchev–Trinajstić information content (AvgIpc) is 2.10. The summed E-state index contributed by atoms with van der Waals surface area (Å²) in [7, 11) is 0. The van der Waals surface area contributed by atoms with Gasteiger partial charge in [-0.3, -0.25) is 4.79 Å². The van der Waals surface area contributed by atoms with Gasteiger partial charge in [-0.15, -0.1) is 11.6 Å². The standard InChI is InChI=1S/C10H10Cl2O/c1-7-2-3-8(6-9(7)12)10(13)4-5-11/h2-3,6H,4-5H2,1H3. The molecule has 0 fully saturated rings. The maximum atomic E-state index is 11.4. The lowest BCUT2D eigenvalue weighted by Gasteiger charge is -2.01. The van der Waals surface area contributed by atoms with Crippen LogP contribution in [0.3, 0.4) is 0 Å². The first-order valence-electron chi connectivity index (χ1n) is 4.00. The van der Waals surface area contributed by atoms with Gasteiger partial charge >= 0.3 is 0 Å². The van der Waals surface area contributed by atoms with E-state index in [2.05, 4.69) is 0 Å². The lowest BCUT2D eigenvalue weighted by atomic mass is 10.1. The lowest BCUT2D eigenvalue weighted by Crippen LogP contribution is -1.99. The fourth-order valence-corrected chi connectivity index (χ4v) is 1.35. The third-order valence-electron chi connectivity index (χ3n) is 1.82. The van der Waals surface area contributed by atoms with Crippen molar-refractivity contribution < 1.29 is 4.79 Å². The molecule has 0 unspecified atom stereocenters. The molecule has 0 aromatic heterocycles. The number of ketones is 1. The maximum Gasteiger partial charge on any atom is 0.164 e. The fraction of sp³-hybridized carbons (Fsp3) is 0.300. The van der Waals surface area contributed by atoms with E-state index in [0.717, 1.165) is 5.56 Å². The summed E-state index contributed by atoms with van der Waals surface area (Å²) in [5.41, 5.74) is 1.61. The van der Waals surface area contributed by atoms with Crippen LogP contribution >= 0.6 is 23.2 Å². The van der Waals surface area contributed by atoms with Crippen LogP contribution in [0.5, 0.6) is 0 Å². The first kappa shape index (κ1) is 10.6. The molecule has 1 nitrogen and oxygen atoms in total. The molecule has 1 aromatic rings. The van der Waals surface area contributed by atoms with Crippen molar-refractivity contribution in [2.24, 2.45) is 0 Å². The quantitative estimate of drug-likeness (QED) is 0.559. The van der Waals surface area contributed by atoms with Crippen LogP contribution in [0.15, 0.2) is 18.2 Å². The summed E-state index contributed by atoms with van der Waals surface area (Å²) in [6.07, 6.45) is 0.362. The number of halogens is 2. The molecule has 1 rings (SSSR count). The normalized spacial score (nSPS) is 10.1. The molecule has 0 bridgehead atoms. The molecule has 13 heavy (non-hydrogen) atoms. The highest BCUT2D eigenvalue weighted by Gasteiger charge is 2.05. The summed E-state index contributed by atoms with van der Waals surface area (Å²) in [5, 5.41) is 0.625. The summed E-state index contributed by atoms with van der Waals surface area (Å²) in [4.78, 5) is 11.4. The summed E-state index contributed by atoms with van der Waals surface area (Å²) >= 11 is 11.3. The fourth-order valence-electron chi connectivity index (χ4n) is 0.996. The summed E-state index contributed by atoms with van der Waals surface area (Å²) < 4.78 is 0. The van der Waals surface area contributed by atoms with E-state index in [1.54, 1.807) is 12.1 Å². The van der Waals surface area contributed by atoms with Gasteiger partial charge in [-0.2, -0.15) is 0 Å². The Hall–Kier alpha value is -0.530. The first-order valence-corrected chi connectivity index (χ1v) is 4.91. The van der Waals surface area contributed by atoms with E-state index >= 15 is 0 Å². The van der Waals surface area contributed by atoms with E-state index in [-0.39, 0.29) is 5.78 Å². The highest BCUT2D eigenvalue weighted by Crippen LogP contribution is 2.17. The zero-order valence-electron chi connectivity index (χ0n) is 7.31. The highest BCUT2D eigenvalue weighted by molar-refractivity contribution is 6.31. The summed E-state index contributed by atoms with van der Waals surface area (Å²) in [5.74, 6) is 0.390. The Balaban J connectivity index is 2.90. The van der Waals surface area contributed by atoms with E-state index in [4.69, 9.17) is 23.2 Å². The van der Waals surface area contributed by atoms with Crippen LogP contribution in [0.25, 0.3) is 0 Å². The van der Waals surface area contributed by atoms with Gasteiger partial charge in [0.05, 0.1) is 0 Å². The molecule has 0 aliphatic carbocycles. The zero-order valence-corrected chi connectivity index (χ0v) is 8.82. The van der Waals surface area contributed by atoms with E-state index in [9.17, 15) is 4.79 Å². The molecule has 0 radical (unpaired) electrons. The number of hydrogen-bond donors (Lipinski definition) is 0. The van der Waals surface area contributed by atoms with Crippen molar-refractivity contribution in [3.05, 3.63) is 34.3 Å².